The summed E-state index contributed by atoms with van der Waals surface area (Å²) < 4.78 is 0. The number of aromatic nitrogens is 2. The van der Waals surface area contributed by atoms with Crippen molar-refractivity contribution in [2.75, 3.05) is 11.1 Å². The monoisotopic (exact) mass is 327 g/mol. The first-order valence-corrected chi connectivity index (χ1v) is 7.46. The van der Waals surface area contributed by atoms with Gasteiger partial charge in [0, 0.05) is 16.9 Å². The molecule has 0 radical (unpaired) electrons. The van der Waals surface area contributed by atoms with Crippen LogP contribution in [-0.2, 0) is 4.79 Å². The van der Waals surface area contributed by atoms with E-state index in [1.807, 2.05) is 6.92 Å². The van der Waals surface area contributed by atoms with Crippen molar-refractivity contribution in [3.05, 3.63) is 46.2 Å². The number of nitrogens with zero attached hydrogens (tertiary/aromatic N) is 2. The summed E-state index contributed by atoms with van der Waals surface area (Å²) in [6.07, 6.45) is 1.67. The number of amides is 1. The molecule has 0 fully saturated rings. The summed E-state index contributed by atoms with van der Waals surface area (Å²) in [5.74, 6) is 0.0342. The zero-order valence-electron chi connectivity index (χ0n) is 10.6. The number of carbonyl (C=O) groups excluding carboxylic acids is 1. The van der Waals surface area contributed by atoms with Crippen LogP contribution in [0.3, 0.4) is 0 Å². The predicted molar refractivity (Wildman–Crippen MR) is 82.6 cm³/mol. The van der Waals surface area contributed by atoms with E-state index in [1.165, 1.54) is 11.8 Å². The van der Waals surface area contributed by atoms with Crippen LogP contribution in [0.15, 0.2) is 35.6 Å². The Morgan fingerprint density at radius 3 is 2.85 bits per heavy atom. The number of benzene rings is 1. The van der Waals surface area contributed by atoms with Crippen molar-refractivity contribution in [2.24, 2.45) is 0 Å². The third kappa shape index (κ3) is 4.37. The van der Waals surface area contributed by atoms with Gasteiger partial charge in [-0.15, -0.1) is 0 Å². The molecule has 104 valence electrons. The lowest BCUT2D eigenvalue weighted by Crippen LogP contribution is -2.14. The number of rotatable bonds is 4. The molecule has 0 unspecified atom stereocenters. The molecule has 1 amide bonds. The molecule has 0 saturated heterocycles. The van der Waals surface area contributed by atoms with Crippen LogP contribution < -0.4 is 5.32 Å². The summed E-state index contributed by atoms with van der Waals surface area (Å²) in [6.45, 7) is 1.87. The third-order valence-electron chi connectivity index (χ3n) is 2.31. The van der Waals surface area contributed by atoms with Gasteiger partial charge in [-0.25, -0.2) is 9.97 Å². The fraction of sp³-hybridized carbons (Fsp3) is 0.154. The second-order valence-electron chi connectivity index (χ2n) is 3.94. The van der Waals surface area contributed by atoms with Crippen molar-refractivity contribution in [3.8, 4) is 0 Å². The minimum absolute atomic E-state index is 0.177. The van der Waals surface area contributed by atoms with E-state index in [0.717, 1.165) is 5.69 Å². The molecular weight excluding hydrogens is 317 g/mol. The molecule has 1 N–H and O–H groups in total. The number of carbonyl (C=O) groups is 1. The number of halogens is 2. The number of thioether (sulfide) groups is 1. The molecule has 1 heterocycles. The first kappa shape index (κ1) is 15.1. The van der Waals surface area contributed by atoms with Crippen molar-refractivity contribution in [3.63, 3.8) is 0 Å². The molecule has 0 aliphatic heterocycles. The van der Waals surface area contributed by atoms with Crippen LogP contribution in [-0.4, -0.2) is 21.6 Å². The van der Waals surface area contributed by atoms with Crippen LogP contribution >= 0.6 is 35.0 Å². The van der Waals surface area contributed by atoms with Crippen molar-refractivity contribution in [2.45, 2.75) is 12.1 Å². The second kappa shape index (κ2) is 6.92. The van der Waals surface area contributed by atoms with Crippen LogP contribution in [0.5, 0.6) is 0 Å². The maximum Gasteiger partial charge on any atom is 0.234 e. The molecule has 0 spiro atoms. The first-order valence-electron chi connectivity index (χ1n) is 5.72. The summed E-state index contributed by atoms with van der Waals surface area (Å²) in [7, 11) is 0. The van der Waals surface area contributed by atoms with Gasteiger partial charge in [-0.1, -0.05) is 35.0 Å². The zero-order chi connectivity index (χ0) is 14.5. The number of anilines is 1. The van der Waals surface area contributed by atoms with Crippen LogP contribution in [0.2, 0.25) is 10.0 Å². The van der Waals surface area contributed by atoms with Crippen molar-refractivity contribution in [1.29, 1.82) is 0 Å². The number of hydrogen-bond acceptors (Lipinski definition) is 4. The summed E-state index contributed by atoms with van der Waals surface area (Å²) >= 11 is 13.0. The van der Waals surface area contributed by atoms with Crippen molar-refractivity contribution >= 4 is 46.6 Å². The van der Waals surface area contributed by atoms with E-state index in [-0.39, 0.29) is 11.7 Å². The van der Waals surface area contributed by atoms with Crippen LogP contribution in [0.25, 0.3) is 0 Å². The van der Waals surface area contributed by atoms with E-state index in [4.69, 9.17) is 23.2 Å². The van der Waals surface area contributed by atoms with Gasteiger partial charge in [0.2, 0.25) is 5.91 Å². The van der Waals surface area contributed by atoms with Gasteiger partial charge in [-0.2, -0.15) is 0 Å². The molecular formula is C13H11Cl2N3OS. The Morgan fingerprint density at radius 2 is 2.15 bits per heavy atom. The Labute approximate surface area is 130 Å². The fourth-order valence-electron chi connectivity index (χ4n) is 1.40. The lowest BCUT2D eigenvalue weighted by Gasteiger charge is -2.07. The molecule has 2 aromatic rings. The van der Waals surface area contributed by atoms with E-state index >= 15 is 0 Å². The minimum Gasteiger partial charge on any atom is -0.324 e. The van der Waals surface area contributed by atoms with Crippen molar-refractivity contribution < 1.29 is 4.79 Å². The van der Waals surface area contributed by atoms with Crippen LogP contribution in [0, 0.1) is 6.92 Å². The molecule has 4 nitrogen and oxygen atoms in total. The highest BCUT2D eigenvalue weighted by Gasteiger charge is 2.08. The Bertz CT molecular complexity index is 637. The first-order chi connectivity index (χ1) is 9.54. The minimum atomic E-state index is -0.177. The second-order valence-corrected chi connectivity index (χ2v) is 5.73. The van der Waals surface area contributed by atoms with E-state index in [1.54, 1.807) is 30.5 Å². The number of nitrogens with one attached hydrogen (secondary N) is 1. The fourth-order valence-corrected chi connectivity index (χ4v) is 2.53. The topological polar surface area (TPSA) is 54.9 Å². The molecule has 20 heavy (non-hydrogen) atoms. The van der Waals surface area contributed by atoms with Gasteiger partial charge >= 0.3 is 0 Å². The zero-order valence-corrected chi connectivity index (χ0v) is 12.9. The maximum atomic E-state index is 11.8. The Kier molecular flexibility index (Phi) is 5.23. The molecule has 0 atom stereocenters. The van der Waals surface area contributed by atoms with Gasteiger partial charge in [-0.05, 0) is 31.2 Å². The van der Waals surface area contributed by atoms with E-state index < -0.39 is 0 Å². The lowest BCUT2D eigenvalue weighted by atomic mass is 10.3. The molecule has 0 aliphatic carbocycles. The largest absolute Gasteiger partial charge is 0.324 e. The summed E-state index contributed by atoms with van der Waals surface area (Å²) in [5, 5.41) is 4.22. The van der Waals surface area contributed by atoms with E-state index in [0.29, 0.717) is 20.9 Å². The van der Waals surface area contributed by atoms with Gasteiger partial charge in [0.05, 0.1) is 16.5 Å². The molecule has 0 aliphatic rings. The van der Waals surface area contributed by atoms with E-state index in [9.17, 15) is 4.79 Å². The summed E-state index contributed by atoms with van der Waals surface area (Å²) in [6, 6.07) is 6.71. The van der Waals surface area contributed by atoms with Crippen LogP contribution in [0.1, 0.15) is 5.69 Å². The average molecular weight is 328 g/mol. The molecule has 1 aromatic carbocycles. The molecule has 0 saturated carbocycles. The van der Waals surface area contributed by atoms with E-state index in [2.05, 4.69) is 15.3 Å². The number of hydrogen-bond donors (Lipinski definition) is 1. The van der Waals surface area contributed by atoms with Gasteiger partial charge in [0.1, 0.15) is 0 Å². The smallest absolute Gasteiger partial charge is 0.234 e. The highest BCUT2D eigenvalue weighted by molar-refractivity contribution is 7.99. The standard InChI is InChI=1S/C13H11Cl2N3OS/c1-8-4-5-16-13(17-8)20-7-12(19)18-11-3-2-9(14)6-10(11)15/h2-6H,7H2,1H3,(H,18,19). The normalized spacial score (nSPS) is 10.3. The van der Waals surface area contributed by atoms with Gasteiger partial charge < -0.3 is 5.32 Å². The molecule has 7 heteroatoms. The molecule has 2 rings (SSSR count). The molecule has 1 aromatic heterocycles. The predicted octanol–water partition coefficient (Wildman–Crippen LogP) is 3.82. The Morgan fingerprint density at radius 1 is 1.35 bits per heavy atom. The van der Waals surface area contributed by atoms with Gasteiger partial charge in [-0.3, -0.25) is 4.79 Å². The third-order valence-corrected chi connectivity index (χ3v) is 3.72. The summed E-state index contributed by atoms with van der Waals surface area (Å²) in [5.41, 5.74) is 1.40. The van der Waals surface area contributed by atoms with Crippen LogP contribution in [0.4, 0.5) is 5.69 Å². The summed E-state index contributed by atoms with van der Waals surface area (Å²) in [4.78, 5) is 20.1. The lowest BCUT2D eigenvalue weighted by molar-refractivity contribution is -0.113. The Hall–Kier alpha value is -1.30. The Balaban J connectivity index is 1.92. The SMILES string of the molecule is Cc1ccnc(SCC(=O)Nc2ccc(Cl)cc2Cl)n1. The highest BCUT2D eigenvalue weighted by atomic mass is 35.5. The maximum absolute atomic E-state index is 11.8. The quantitative estimate of drug-likeness (QED) is 0.685. The highest BCUT2D eigenvalue weighted by Crippen LogP contribution is 2.25. The van der Waals surface area contributed by atoms with Crippen molar-refractivity contribution in [1.82, 2.24) is 9.97 Å². The van der Waals surface area contributed by atoms with Gasteiger partial charge in [0.15, 0.2) is 5.16 Å². The number of aryl methyl sites for hydroxylation is 1. The molecule has 0 bridgehead atoms. The van der Waals surface area contributed by atoms with Gasteiger partial charge in [0.25, 0.3) is 0 Å². The average Bonchev–Trinajstić information content (AvgIpc) is 2.40.